The minimum Gasteiger partial charge on any atom is -0.327 e. The zero-order valence-corrected chi connectivity index (χ0v) is 14.0. The summed E-state index contributed by atoms with van der Waals surface area (Å²) in [6.45, 7) is 1.46. The van der Waals surface area contributed by atoms with Gasteiger partial charge in [0.25, 0.3) is 0 Å². The third kappa shape index (κ3) is 4.15. The van der Waals surface area contributed by atoms with E-state index in [-0.39, 0.29) is 24.2 Å². The van der Waals surface area contributed by atoms with Crippen LogP contribution in [-0.2, 0) is 11.2 Å². The van der Waals surface area contributed by atoms with E-state index in [0.717, 1.165) is 18.7 Å². The van der Waals surface area contributed by atoms with E-state index < -0.39 is 0 Å². The quantitative estimate of drug-likeness (QED) is 0.928. The van der Waals surface area contributed by atoms with E-state index in [1.165, 1.54) is 12.1 Å². The van der Waals surface area contributed by atoms with E-state index in [1.807, 2.05) is 12.1 Å². The summed E-state index contributed by atoms with van der Waals surface area (Å²) in [4.78, 5) is 27.7. The number of anilines is 2. The predicted octanol–water partition coefficient (Wildman–Crippen LogP) is 3.27. The van der Waals surface area contributed by atoms with Crippen LogP contribution in [0.1, 0.15) is 12.0 Å². The molecule has 1 N–H and O–H groups in total. The smallest absolute Gasteiger partial charge is 0.324 e. The Morgan fingerprint density at radius 1 is 1.16 bits per heavy atom. The highest BCUT2D eigenvalue weighted by molar-refractivity contribution is 5.94. The van der Waals surface area contributed by atoms with Gasteiger partial charge in [-0.1, -0.05) is 12.1 Å². The van der Waals surface area contributed by atoms with Gasteiger partial charge in [0.1, 0.15) is 5.82 Å². The highest BCUT2D eigenvalue weighted by Gasteiger charge is 2.23. The number of benzene rings is 2. The summed E-state index contributed by atoms with van der Waals surface area (Å²) >= 11 is 0. The van der Waals surface area contributed by atoms with Crippen LogP contribution in [0.5, 0.6) is 0 Å². The summed E-state index contributed by atoms with van der Waals surface area (Å²) in [6.07, 6.45) is 1.03. The maximum Gasteiger partial charge on any atom is 0.324 e. The van der Waals surface area contributed by atoms with Gasteiger partial charge < -0.3 is 10.2 Å². The van der Waals surface area contributed by atoms with Crippen molar-refractivity contribution in [1.29, 1.82) is 0 Å². The Kier molecular flexibility index (Phi) is 4.97. The minimum absolute atomic E-state index is 0.0193. The maximum absolute atomic E-state index is 13.2. The lowest BCUT2D eigenvalue weighted by Gasteiger charge is -2.33. The number of nitrogens with zero attached hydrogens (tertiary/aromatic N) is 2. The van der Waals surface area contributed by atoms with Gasteiger partial charge in [-0.15, -0.1) is 0 Å². The number of hydrogen-bond donors (Lipinski definition) is 1. The van der Waals surface area contributed by atoms with Gasteiger partial charge in [-0.2, -0.15) is 0 Å². The van der Waals surface area contributed by atoms with Crippen LogP contribution in [0.25, 0.3) is 0 Å². The van der Waals surface area contributed by atoms with Crippen molar-refractivity contribution in [2.75, 3.05) is 30.4 Å². The topological polar surface area (TPSA) is 52.6 Å². The number of urea groups is 1. The Morgan fingerprint density at radius 2 is 1.92 bits per heavy atom. The number of hydrogen-bond acceptors (Lipinski definition) is 2. The van der Waals surface area contributed by atoms with Crippen molar-refractivity contribution in [2.24, 2.45) is 0 Å². The lowest BCUT2D eigenvalue weighted by molar-refractivity contribution is -0.115. The molecule has 0 radical (unpaired) electrons. The number of halogens is 1. The average Bonchev–Trinajstić information content (AvgIpc) is 2.58. The summed E-state index contributed by atoms with van der Waals surface area (Å²) in [7, 11) is 1.79. The molecule has 130 valence electrons. The molecule has 5 nitrogen and oxygen atoms in total. The Morgan fingerprint density at radius 3 is 2.64 bits per heavy atom. The first-order valence-electron chi connectivity index (χ1n) is 8.20. The van der Waals surface area contributed by atoms with Crippen molar-refractivity contribution in [3.05, 3.63) is 59.9 Å². The normalized spacial score (nSPS) is 14.6. The second-order valence-electron chi connectivity index (χ2n) is 6.11. The molecule has 0 atom stereocenters. The van der Waals surface area contributed by atoms with Crippen molar-refractivity contribution in [2.45, 2.75) is 12.8 Å². The van der Waals surface area contributed by atoms with Crippen LogP contribution < -0.4 is 10.2 Å². The molecule has 0 aliphatic carbocycles. The van der Waals surface area contributed by atoms with Crippen molar-refractivity contribution >= 4 is 23.3 Å². The number of amides is 3. The largest absolute Gasteiger partial charge is 0.327 e. The Labute approximate surface area is 146 Å². The standard InChI is InChI=1S/C19H20FN3O2/c1-22-10-3-11-23(19(22)25)17-8-6-16(7-9-17)21-18(24)13-14-4-2-5-15(20)12-14/h2,4-9,12H,3,10-11,13H2,1H3,(H,21,24). The van der Waals surface area contributed by atoms with Gasteiger partial charge in [-0.05, 0) is 48.4 Å². The molecule has 1 heterocycles. The first kappa shape index (κ1) is 17.0. The Balaban J connectivity index is 1.62. The molecule has 0 spiro atoms. The summed E-state index contributed by atoms with van der Waals surface area (Å²) < 4.78 is 13.2. The Bertz CT molecular complexity index is 776. The number of carbonyl (C=O) groups excluding carboxylic acids is 2. The van der Waals surface area contributed by atoms with Gasteiger partial charge in [-0.25, -0.2) is 9.18 Å². The van der Waals surface area contributed by atoms with Crippen molar-refractivity contribution < 1.29 is 14.0 Å². The average molecular weight is 341 g/mol. The zero-order valence-electron chi connectivity index (χ0n) is 14.0. The summed E-state index contributed by atoms with van der Waals surface area (Å²) in [5.74, 6) is -0.571. The van der Waals surface area contributed by atoms with E-state index in [9.17, 15) is 14.0 Å². The summed E-state index contributed by atoms with van der Waals surface area (Å²) in [5, 5.41) is 2.78. The molecular weight excluding hydrogens is 321 g/mol. The molecule has 3 rings (SSSR count). The van der Waals surface area contributed by atoms with Crippen LogP contribution in [0.15, 0.2) is 48.5 Å². The monoisotopic (exact) mass is 341 g/mol. The van der Waals surface area contributed by atoms with Gasteiger partial charge in [0, 0.05) is 31.5 Å². The second-order valence-corrected chi connectivity index (χ2v) is 6.11. The van der Waals surface area contributed by atoms with Gasteiger partial charge in [-0.3, -0.25) is 9.69 Å². The lowest BCUT2D eigenvalue weighted by Crippen LogP contribution is -2.47. The molecule has 3 amide bonds. The van der Waals surface area contributed by atoms with E-state index in [0.29, 0.717) is 17.8 Å². The molecule has 25 heavy (non-hydrogen) atoms. The fourth-order valence-corrected chi connectivity index (χ4v) is 2.87. The number of rotatable bonds is 4. The molecule has 1 saturated heterocycles. The van der Waals surface area contributed by atoms with E-state index in [1.54, 1.807) is 41.1 Å². The highest BCUT2D eigenvalue weighted by atomic mass is 19.1. The van der Waals surface area contributed by atoms with Gasteiger partial charge in [0.05, 0.1) is 6.42 Å². The molecule has 1 aliphatic rings. The third-order valence-electron chi connectivity index (χ3n) is 4.15. The van der Waals surface area contributed by atoms with Crippen LogP contribution in [0.4, 0.5) is 20.6 Å². The van der Waals surface area contributed by atoms with Crippen LogP contribution in [-0.4, -0.2) is 37.0 Å². The molecule has 0 saturated carbocycles. The minimum atomic E-state index is -0.356. The molecular formula is C19H20FN3O2. The van der Waals surface area contributed by atoms with E-state index >= 15 is 0 Å². The molecule has 0 aromatic heterocycles. The van der Waals surface area contributed by atoms with E-state index in [2.05, 4.69) is 5.32 Å². The summed E-state index contributed by atoms with van der Waals surface area (Å²) in [6, 6.07) is 13.1. The SMILES string of the molecule is CN1CCCN(c2ccc(NC(=O)Cc3cccc(F)c3)cc2)C1=O. The van der Waals surface area contributed by atoms with Crippen molar-refractivity contribution in [3.8, 4) is 0 Å². The number of nitrogens with one attached hydrogen (secondary N) is 1. The second kappa shape index (κ2) is 7.34. The maximum atomic E-state index is 13.2. The molecule has 1 aliphatic heterocycles. The van der Waals surface area contributed by atoms with Gasteiger partial charge in [0.15, 0.2) is 0 Å². The molecule has 2 aromatic carbocycles. The number of carbonyl (C=O) groups is 2. The molecule has 2 aromatic rings. The zero-order chi connectivity index (χ0) is 17.8. The Hall–Kier alpha value is -2.89. The molecule has 1 fully saturated rings. The van der Waals surface area contributed by atoms with Crippen LogP contribution in [0.2, 0.25) is 0 Å². The summed E-state index contributed by atoms with van der Waals surface area (Å²) in [5.41, 5.74) is 2.07. The van der Waals surface area contributed by atoms with Crippen LogP contribution in [0, 0.1) is 5.82 Å². The van der Waals surface area contributed by atoms with E-state index in [4.69, 9.17) is 0 Å². The fourth-order valence-electron chi connectivity index (χ4n) is 2.87. The predicted molar refractivity (Wildman–Crippen MR) is 95.2 cm³/mol. The molecule has 0 bridgehead atoms. The third-order valence-corrected chi connectivity index (χ3v) is 4.15. The van der Waals surface area contributed by atoms with Crippen molar-refractivity contribution in [3.63, 3.8) is 0 Å². The molecule has 0 unspecified atom stereocenters. The first-order chi connectivity index (χ1) is 12.0. The van der Waals surface area contributed by atoms with Gasteiger partial charge in [0.2, 0.25) is 5.91 Å². The van der Waals surface area contributed by atoms with Crippen LogP contribution >= 0.6 is 0 Å². The first-order valence-corrected chi connectivity index (χ1v) is 8.20. The highest BCUT2D eigenvalue weighted by Crippen LogP contribution is 2.21. The van der Waals surface area contributed by atoms with Crippen molar-refractivity contribution in [1.82, 2.24) is 4.90 Å². The van der Waals surface area contributed by atoms with Crippen LogP contribution in [0.3, 0.4) is 0 Å². The van der Waals surface area contributed by atoms with Gasteiger partial charge >= 0.3 is 6.03 Å². The molecule has 6 heteroatoms. The fraction of sp³-hybridized carbons (Fsp3) is 0.263. The lowest BCUT2D eigenvalue weighted by atomic mass is 10.1.